The van der Waals surface area contributed by atoms with Crippen molar-refractivity contribution in [2.75, 3.05) is 0 Å². The second-order valence-corrected chi connectivity index (χ2v) is 4.93. The summed E-state index contributed by atoms with van der Waals surface area (Å²) in [6, 6.07) is 5.05. The van der Waals surface area contributed by atoms with Crippen LogP contribution < -0.4 is 0 Å². The maximum atomic E-state index is 13.5. The summed E-state index contributed by atoms with van der Waals surface area (Å²) in [5.74, 6) is 0.0659. The van der Waals surface area contributed by atoms with Gasteiger partial charge in [0.15, 0.2) is 0 Å². The molecule has 1 fully saturated rings. The van der Waals surface area contributed by atoms with E-state index >= 15 is 0 Å². The van der Waals surface area contributed by atoms with Crippen LogP contribution in [-0.2, 0) is 4.89 Å². The molecule has 0 heterocycles. The van der Waals surface area contributed by atoms with Crippen LogP contribution in [0.4, 0.5) is 4.39 Å². The minimum Gasteiger partial charge on any atom is -0.251 e. The molecule has 1 aliphatic rings. The Bertz CT molecular complexity index is 372. The van der Waals surface area contributed by atoms with Gasteiger partial charge in [-0.2, -0.15) is 0 Å². The van der Waals surface area contributed by atoms with Crippen LogP contribution in [0.1, 0.15) is 49.3 Å². The summed E-state index contributed by atoms with van der Waals surface area (Å²) in [7, 11) is 0. The molecule has 1 N–H and O–H groups in total. The fraction of sp³-hybridized carbons (Fsp3) is 0.571. The summed E-state index contributed by atoms with van der Waals surface area (Å²) in [6.07, 6.45) is 5.28. The van der Waals surface area contributed by atoms with E-state index in [2.05, 4.69) is 4.89 Å². The van der Waals surface area contributed by atoms with Crippen molar-refractivity contribution in [1.29, 1.82) is 0 Å². The predicted octanol–water partition coefficient (Wildman–Crippen LogP) is 4.25. The van der Waals surface area contributed by atoms with Crippen molar-refractivity contribution < 1.29 is 14.5 Å². The Morgan fingerprint density at radius 2 is 2.00 bits per heavy atom. The van der Waals surface area contributed by atoms with Gasteiger partial charge in [-0.25, -0.2) is 9.28 Å². The molecule has 3 heteroatoms. The van der Waals surface area contributed by atoms with Gasteiger partial charge >= 0.3 is 0 Å². The van der Waals surface area contributed by atoms with E-state index in [-0.39, 0.29) is 11.9 Å². The van der Waals surface area contributed by atoms with Gasteiger partial charge < -0.3 is 0 Å². The summed E-state index contributed by atoms with van der Waals surface area (Å²) < 4.78 is 13.5. The molecule has 2 rings (SSSR count). The van der Waals surface area contributed by atoms with Crippen LogP contribution in [0, 0.1) is 18.7 Å². The molecular weight excluding hydrogens is 219 g/mol. The quantitative estimate of drug-likeness (QED) is 0.630. The number of hydrogen-bond acceptors (Lipinski definition) is 2. The molecule has 17 heavy (non-hydrogen) atoms. The molecule has 0 bridgehead atoms. The average Bonchev–Trinajstić information content (AvgIpc) is 2.36. The van der Waals surface area contributed by atoms with Crippen LogP contribution in [0.3, 0.4) is 0 Å². The number of rotatable bonds is 3. The highest BCUT2D eigenvalue weighted by molar-refractivity contribution is 5.25. The highest BCUT2D eigenvalue weighted by atomic mass is 19.1. The molecule has 1 saturated carbocycles. The van der Waals surface area contributed by atoms with Crippen molar-refractivity contribution in [1.82, 2.24) is 0 Å². The summed E-state index contributed by atoms with van der Waals surface area (Å²) in [5, 5.41) is 9.07. The minimum absolute atomic E-state index is 0.236. The van der Waals surface area contributed by atoms with Crippen molar-refractivity contribution in [2.24, 2.45) is 5.92 Å². The number of halogens is 1. The standard InChI is InChI=1S/C14H19FO2/c1-10-7-8-12(9-13(10)15)14(17-16)11-5-3-2-4-6-11/h7-9,11,14,16H,2-6H2,1H3. The van der Waals surface area contributed by atoms with Gasteiger partial charge in [0.25, 0.3) is 0 Å². The second-order valence-electron chi connectivity index (χ2n) is 4.93. The molecule has 1 aliphatic carbocycles. The van der Waals surface area contributed by atoms with Crippen LogP contribution in [0.25, 0.3) is 0 Å². The molecule has 0 saturated heterocycles. The monoisotopic (exact) mass is 238 g/mol. The van der Waals surface area contributed by atoms with Gasteiger partial charge in [0.2, 0.25) is 0 Å². The summed E-state index contributed by atoms with van der Waals surface area (Å²) >= 11 is 0. The van der Waals surface area contributed by atoms with Crippen LogP contribution >= 0.6 is 0 Å². The Kier molecular flexibility index (Phi) is 4.13. The molecule has 0 spiro atoms. The van der Waals surface area contributed by atoms with Gasteiger partial charge in [-0.3, -0.25) is 5.26 Å². The molecule has 94 valence electrons. The molecule has 1 aromatic rings. The van der Waals surface area contributed by atoms with Gasteiger partial charge in [0, 0.05) is 0 Å². The lowest BCUT2D eigenvalue weighted by atomic mass is 9.82. The highest BCUT2D eigenvalue weighted by Gasteiger charge is 2.26. The fourth-order valence-electron chi connectivity index (χ4n) is 2.64. The molecule has 1 atom stereocenters. The van der Waals surface area contributed by atoms with Crippen LogP contribution in [0.5, 0.6) is 0 Å². The van der Waals surface area contributed by atoms with E-state index in [9.17, 15) is 4.39 Å². The zero-order chi connectivity index (χ0) is 12.3. The largest absolute Gasteiger partial charge is 0.251 e. The van der Waals surface area contributed by atoms with Crippen molar-refractivity contribution in [3.8, 4) is 0 Å². The molecule has 0 aromatic heterocycles. The van der Waals surface area contributed by atoms with E-state index in [0.717, 1.165) is 18.4 Å². The first-order valence-electron chi connectivity index (χ1n) is 6.28. The maximum Gasteiger partial charge on any atom is 0.126 e. The van der Waals surface area contributed by atoms with Gasteiger partial charge in [-0.1, -0.05) is 31.4 Å². The van der Waals surface area contributed by atoms with Gasteiger partial charge in [0.05, 0.1) is 0 Å². The molecular formula is C14H19FO2. The van der Waals surface area contributed by atoms with Crippen molar-refractivity contribution in [3.63, 3.8) is 0 Å². The summed E-state index contributed by atoms with van der Waals surface area (Å²) in [4.78, 5) is 4.60. The molecule has 0 aliphatic heterocycles. The SMILES string of the molecule is Cc1ccc(C(OO)C2CCCCC2)cc1F. The van der Waals surface area contributed by atoms with E-state index in [0.29, 0.717) is 11.5 Å². The fourth-order valence-corrected chi connectivity index (χ4v) is 2.64. The van der Waals surface area contributed by atoms with Gasteiger partial charge in [-0.05, 0) is 42.9 Å². The van der Waals surface area contributed by atoms with Crippen LogP contribution in [0.15, 0.2) is 18.2 Å². The maximum absolute atomic E-state index is 13.5. The third kappa shape index (κ3) is 2.85. The third-order valence-electron chi connectivity index (χ3n) is 3.72. The van der Waals surface area contributed by atoms with E-state index < -0.39 is 0 Å². The smallest absolute Gasteiger partial charge is 0.126 e. The Morgan fingerprint density at radius 1 is 1.29 bits per heavy atom. The first-order chi connectivity index (χ1) is 8.22. The lowest BCUT2D eigenvalue weighted by Crippen LogP contribution is -2.18. The molecule has 1 aromatic carbocycles. The Hall–Kier alpha value is -0.930. The van der Waals surface area contributed by atoms with Crippen molar-refractivity contribution >= 4 is 0 Å². The average molecular weight is 238 g/mol. The lowest BCUT2D eigenvalue weighted by Gasteiger charge is -2.28. The van der Waals surface area contributed by atoms with E-state index in [1.54, 1.807) is 13.0 Å². The van der Waals surface area contributed by atoms with Crippen LogP contribution in [-0.4, -0.2) is 5.26 Å². The van der Waals surface area contributed by atoms with Crippen molar-refractivity contribution in [3.05, 3.63) is 35.1 Å². The van der Waals surface area contributed by atoms with E-state index in [1.807, 2.05) is 6.07 Å². The Morgan fingerprint density at radius 3 is 2.59 bits per heavy atom. The van der Waals surface area contributed by atoms with E-state index in [4.69, 9.17) is 5.26 Å². The van der Waals surface area contributed by atoms with Crippen LogP contribution in [0.2, 0.25) is 0 Å². The summed E-state index contributed by atoms with van der Waals surface area (Å²) in [5.41, 5.74) is 1.36. The van der Waals surface area contributed by atoms with Crippen molar-refractivity contribution in [2.45, 2.75) is 45.1 Å². The predicted molar refractivity (Wildman–Crippen MR) is 64.2 cm³/mol. The molecule has 2 nitrogen and oxygen atoms in total. The Labute approximate surface area is 101 Å². The zero-order valence-electron chi connectivity index (χ0n) is 10.2. The number of aryl methyl sites for hydroxylation is 1. The Balaban J connectivity index is 2.18. The van der Waals surface area contributed by atoms with Gasteiger partial charge in [0.1, 0.15) is 11.9 Å². The number of hydrogen-bond donors (Lipinski definition) is 1. The van der Waals surface area contributed by atoms with E-state index in [1.165, 1.54) is 25.3 Å². The number of benzene rings is 1. The highest BCUT2D eigenvalue weighted by Crippen LogP contribution is 2.36. The second kappa shape index (κ2) is 5.61. The molecule has 0 amide bonds. The van der Waals surface area contributed by atoms with Gasteiger partial charge in [-0.15, -0.1) is 0 Å². The lowest BCUT2D eigenvalue weighted by molar-refractivity contribution is -0.295. The normalized spacial score (nSPS) is 19.2. The zero-order valence-corrected chi connectivity index (χ0v) is 10.2. The topological polar surface area (TPSA) is 29.5 Å². The molecule has 0 radical (unpaired) electrons. The minimum atomic E-state index is -0.384. The first-order valence-corrected chi connectivity index (χ1v) is 6.28. The third-order valence-corrected chi connectivity index (χ3v) is 3.72. The summed E-state index contributed by atoms with van der Waals surface area (Å²) in [6.45, 7) is 1.73. The molecule has 1 unspecified atom stereocenters. The first kappa shape index (κ1) is 12.5.